The van der Waals surface area contributed by atoms with Gasteiger partial charge in [-0.15, -0.1) is 13.2 Å². The summed E-state index contributed by atoms with van der Waals surface area (Å²) in [6.07, 6.45) is -15.2. The maximum atomic E-state index is 14.0. The lowest BCUT2D eigenvalue weighted by molar-refractivity contribution is -0.274. The number of aliphatic hydroxyl groups excluding tert-OH is 1. The van der Waals surface area contributed by atoms with Crippen LogP contribution in [-0.4, -0.2) is 20.6 Å². The van der Waals surface area contributed by atoms with Gasteiger partial charge in [0.1, 0.15) is 5.75 Å². The van der Waals surface area contributed by atoms with E-state index in [4.69, 9.17) is 0 Å². The summed E-state index contributed by atoms with van der Waals surface area (Å²) in [5, 5.41) is 9.26. The van der Waals surface area contributed by atoms with Crippen LogP contribution in [0.4, 0.5) is 45.2 Å². The standard InChI is InChI=1S/C25H18F9N3O2/c1-36-21-19(24(29,30)31)10-16(23(26,27)28)11-20(21)37(12-14-2-4-15(13-38)5-3-14)22(36)35-17-6-8-18(9-7-17)39-25(32,33)34/h2-11,38H,12-13H2,1H3. The Hall–Kier alpha value is -3.94. The molecule has 0 fully saturated rings. The summed E-state index contributed by atoms with van der Waals surface area (Å²) >= 11 is 0. The van der Waals surface area contributed by atoms with Gasteiger partial charge in [-0.05, 0) is 47.5 Å². The minimum Gasteiger partial charge on any atom is -0.406 e. The van der Waals surface area contributed by atoms with Crippen LogP contribution in [-0.2, 0) is 32.6 Å². The molecule has 1 heterocycles. The number of imidazole rings is 1. The Morgan fingerprint density at radius 1 is 0.795 bits per heavy atom. The first-order valence-electron chi connectivity index (χ1n) is 11.0. The van der Waals surface area contributed by atoms with E-state index in [0.29, 0.717) is 17.2 Å². The fraction of sp³-hybridized carbons (Fsp3) is 0.240. The Kier molecular flexibility index (Phi) is 7.19. The number of benzene rings is 3. The zero-order chi connectivity index (χ0) is 28.8. The molecule has 4 rings (SSSR count). The molecule has 0 saturated carbocycles. The van der Waals surface area contributed by atoms with E-state index in [9.17, 15) is 44.6 Å². The van der Waals surface area contributed by atoms with Crippen molar-refractivity contribution in [2.75, 3.05) is 0 Å². The van der Waals surface area contributed by atoms with E-state index >= 15 is 0 Å². The molecule has 208 valence electrons. The van der Waals surface area contributed by atoms with E-state index in [1.807, 2.05) is 0 Å². The molecule has 0 amide bonds. The number of hydrogen-bond donors (Lipinski definition) is 1. The average molecular weight is 563 g/mol. The van der Waals surface area contributed by atoms with Gasteiger partial charge >= 0.3 is 18.7 Å². The second-order valence-electron chi connectivity index (χ2n) is 8.46. The molecule has 1 aromatic heterocycles. The molecule has 0 bridgehead atoms. The van der Waals surface area contributed by atoms with Crippen LogP contribution in [0.1, 0.15) is 22.3 Å². The third-order valence-corrected chi connectivity index (χ3v) is 5.74. The number of hydrogen-bond acceptors (Lipinski definition) is 3. The van der Waals surface area contributed by atoms with Crippen molar-refractivity contribution >= 4 is 16.7 Å². The quantitative estimate of drug-likeness (QED) is 0.275. The van der Waals surface area contributed by atoms with Crippen LogP contribution in [0.3, 0.4) is 0 Å². The van der Waals surface area contributed by atoms with Crippen LogP contribution in [0.15, 0.2) is 65.7 Å². The Morgan fingerprint density at radius 3 is 1.90 bits per heavy atom. The minimum absolute atomic E-state index is 0.00409. The Balaban J connectivity index is 2.00. The smallest absolute Gasteiger partial charge is 0.406 e. The van der Waals surface area contributed by atoms with Crippen molar-refractivity contribution in [2.24, 2.45) is 12.0 Å². The highest BCUT2D eigenvalue weighted by molar-refractivity contribution is 5.82. The lowest BCUT2D eigenvalue weighted by Crippen LogP contribution is -2.24. The van der Waals surface area contributed by atoms with Gasteiger partial charge in [-0.1, -0.05) is 24.3 Å². The summed E-state index contributed by atoms with van der Waals surface area (Å²) < 4.78 is 126. The molecule has 39 heavy (non-hydrogen) atoms. The van der Waals surface area contributed by atoms with E-state index in [0.717, 1.165) is 33.4 Å². The summed E-state index contributed by atoms with van der Waals surface area (Å²) in [6.45, 7) is -0.490. The molecule has 0 saturated heterocycles. The van der Waals surface area contributed by atoms with Gasteiger partial charge in [-0.3, -0.25) is 0 Å². The molecule has 0 atom stereocenters. The number of rotatable bonds is 5. The maximum Gasteiger partial charge on any atom is 0.573 e. The molecule has 4 aromatic rings. The summed E-state index contributed by atoms with van der Waals surface area (Å²) in [5.74, 6) is -0.565. The Morgan fingerprint density at radius 2 is 1.38 bits per heavy atom. The molecule has 0 aliphatic heterocycles. The molecule has 14 heteroatoms. The van der Waals surface area contributed by atoms with Crippen molar-refractivity contribution in [3.63, 3.8) is 0 Å². The average Bonchev–Trinajstić information content (AvgIpc) is 3.09. The molecule has 1 N–H and O–H groups in total. The number of aliphatic hydroxyl groups is 1. The number of alkyl halides is 9. The van der Waals surface area contributed by atoms with Crippen molar-refractivity contribution in [2.45, 2.75) is 31.9 Å². The third kappa shape index (κ3) is 6.21. The van der Waals surface area contributed by atoms with E-state index in [1.54, 1.807) is 24.3 Å². The number of nitrogens with zero attached hydrogens (tertiary/aromatic N) is 3. The molecule has 3 aromatic carbocycles. The first kappa shape index (κ1) is 28.1. The SMILES string of the molecule is Cn1c(=Nc2ccc(OC(F)(F)F)cc2)n(Cc2ccc(CO)cc2)c2cc(C(F)(F)F)cc(C(F)(F)F)c21. The van der Waals surface area contributed by atoms with E-state index in [1.165, 1.54) is 7.05 Å². The van der Waals surface area contributed by atoms with Gasteiger partial charge in [0.25, 0.3) is 0 Å². The summed E-state index contributed by atoms with van der Waals surface area (Å²) in [6, 6.07) is 10.9. The summed E-state index contributed by atoms with van der Waals surface area (Å²) in [5.41, 5.74) is -3.23. The zero-order valence-electron chi connectivity index (χ0n) is 19.8. The lowest BCUT2D eigenvalue weighted by Gasteiger charge is -2.14. The summed E-state index contributed by atoms with van der Waals surface area (Å²) in [4.78, 5) is 4.26. The van der Waals surface area contributed by atoms with Crippen LogP contribution in [0.2, 0.25) is 0 Å². The predicted octanol–water partition coefficient (Wildman–Crippen LogP) is 6.69. The highest BCUT2D eigenvalue weighted by Gasteiger charge is 2.40. The largest absolute Gasteiger partial charge is 0.573 e. The Labute approximate surface area is 214 Å². The molecular formula is C25H18F9N3O2. The van der Waals surface area contributed by atoms with Crippen LogP contribution < -0.4 is 10.4 Å². The first-order valence-corrected chi connectivity index (χ1v) is 11.0. The van der Waals surface area contributed by atoms with Crippen molar-refractivity contribution in [3.05, 3.63) is 88.5 Å². The maximum absolute atomic E-state index is 14.0. The minimum atomic E-state index is -5.15. The van der Waals surface area contributed by atoms with Crippen LogP contribution >= 0.6 is 0 Å². The van der Waals surface area contributed by atoms with Gasteiger partial charge in [0.2, 0.25) is 5.62 Å². The number of aromatic nitrogens is 2. The Bertz CT molecular complexity index is 1540. The molecular weight excluding hydrogens is 545 g/mol. The number of halogens is 9. The second kappa shape index (κ2) is 9.98. The van der Waals surface area contributed by atoms with Gasteiger partial charge in [0.05, 0.1) is 41.0 Å². The number of ether oxygens (including phenoxy) is 1. The fourth-order valence-electron chi connectivity index (χ4n) is 4.01. The van der Waals surface area contributed by atoms with Crippen molar-refractivity contribution in [1.82, 2.24) is 9.13 Å². The predicted molar refractivity (Wildman–Crippen MR) is 121 cm³/mol. The van der Waals surface area contributed by atoms with Gasteiger partial charge in [-0.2, -0.15) is 26.3 Å². The normalized spacial score (nSPS) is 13.4. The van der Waals surface area contributed by atoms with E-state index in [-0.39, 0.29) is 30.5 Å². The van der Waals surface area contributed by atoms with E-state index in [2.05, 4.69) is 9.73 Å². The highest BCUT2D eigenvalue weighted by Crippen LogP contribution is 2.40. The number of fused-ring (bicyclic) bond motifs is 1. The van der Waals surface area contributed by atoms with Gasteiger partial charge in [0.15, 0.2) is 0 Å². The molecule has 0 radical (unpaired) electrons. The highest BCUT2D eigenvalue weighted by atomic mass is 19.4. The van der Waals surface area contributed by atoms with Gasteiger partial charge in [-0.25, -0.2) is 4.99 Å². The van der Waals surface area contributed by atoms with Crippen molar-refractivity contribution in [1.29, 1.82) is 0 Å². The van der Waals surface area contributed by atoms with Crippen LogP contribution in [0, 0.1) is 0 Å². The molecule has 5 nitrogen and oxygen atoms in total. The second-order valence-corrected chi connectivity index (χ2v) is 8.46. The van der Waals surface area contributed by atoms with Gasteiger partial charge < -0.3 is 19.0 Å². The van der Waals surface area contributed by atoms with Crippen LogP contribution in [0.25, 0.3) is 11.0 Å². The molecule has 0 spiro atoms. The van der Waals surface area contributed by atoms with Crippen molar-refractivity contribution < 1.29 is 49.4 Å². The topological polar surface area (TPSA) is 51.7 Å². The monoisotopic (exact) mass is 563 g/mol. The van der Waals surface area contributed by atoms with Crippen LogP contribution in [0.5, 0.6) is 5.75 Å². The third-order valence-electron chi connectivity index (χ3n) is 5.74. The fourth-order valence-corrected chi connectivity index (χ4v) is 4.01. The molecule has 0 aliphatic rings. The molecule has 0 aliphatic carbocycles. The van der Waals surface area contributed by atoms with Gasteiger partial charge in [0, 0.05) is 7.05 Å². The number of aryl methyl sites for hydroxylation is 1. The first-order chi connectivity index (χ1) is 18.1. The zero-order valence-corrected chi connectivity index (χ0v) is 19.8. The lowest BCUT2D eigenvalue weighted by atomic mass is 10.1. The van der Waals surface area contributed by atoms with E-state index < -0.39 is 46.6 Å². The van der Waals surface area contributed by atoms with Crippen molar-refractivity contribution in [3.8, 4) is 5.75 Å². The molecule has 0 unspecified atom stereocenters. The summed E-state index contributed by atoms with van der Waals surface area (Å²) in [7, 11) is 1.19.